The fourth-order valence-electron chi connectivity index (χ4n) is 3.39. The summed E-state index contributed by atoms with van der Waals surface area (Å²) in [5.74, 6) is -1.09. The van der Waals surface area contributed by atoms with E-state index in [2.05, 4.69) is 5.32 Å². The van der Waals surface area contributed by atoms with Crippen LogP contribution < -0.4 is 5.32 Å². The molecule has 6 nitrogen and oxygen atoms in total. The summed E-state index contributed by atoms with van der Waals surface area (Å²) in [4.78, 5) is 24.2. The number of nitro groups is 1. The number of hydrogen-bond donors (Lipinski definition) is 1. The Morgan fingerprint density at radius 3 is 2.52 bits per heavy atom. The van der Waals surface area contributed by atoms with Crippen LogP contribution in [0, 0.1) is 21.3 Å². The van der Waals surface area contributed by atoms with E-state index in [9.17, 15) is 19.3 Å². The number of rotatable bonds is 2. The Morgan fingerprint density at radius 2 is 1.96 bits per heavy atom. The van der Waals surface area contributed by atoms with Crippen molar-refractivity contribution in [2.24, 2.45) is 5.41 Å². The smallest absolute Gasteiger partial charge is 0.273 e. The highest BCUT2D eigenvalue weighted by Gasteiger charge is 2.38. The van der Waals surface area contributed by atoms with Crippen molar-refractivity contribution in [3.05, 3.63) is 39.7 Å². The molecule has 126 valence electrons. The highest BCUT2D eigenvalue weighted by molar-refractivity contribution is 5.95. The summed E-state index contributed by atoms with van der Waals surface area (Å²) in [6.45, 7) is 3.24. The van der Waals surface area contributed by atoms with E-state index in [4.69, 9.17) is 0 Å². The van der Waals surface area contributed by atoms with Crippen molar-refractivity contribution in [2.45, 2.75) is 19.3 Å². The standard InChI is InChI=1S/C15H18FN3O3.ClH/c16-12-7-11(8-13(9-12)19(21)22)14(20)18-5-2-15(3-6-18)1-4-17-10-15;/h7-9,17H,1-6,10H2;1H. The third kappa shape index (κ3) is 3.61. The third-order valence-corrected chi connectivity index (χ3v) is 4.78. The second-order valence-corrected chi connectivity index (χ2v) is 6.17. The van der Waals surface area contributed by atoms with Crippen molar-refractivity contribution in [1.29, 1.82) is 0 Å². The van der Waals surface area contributed by atoms with E-state index in [1.165, 1.54) is 0 Å². The molecular formula is C15H19ClFN3O3. The van der Waals surface area contributed by atoms with E-state index < -0.39 is 16.4 Å². The monoisotopic (exact) mass is 343 g/mol. The van der Waals surface area contributed by atoms with E-state index in [1.807, 2.05) is 0 Å². The molecule has 0 aromatic heterocycles. The van der Waals surface area contributed by atoms with E-state index in [0.29, 0.717) is 13.1 Å². The predicted molar refractivity (Wildman–Crippen MR) is 85.4 cm³/mol. The van der Waals surface area contributed by atoms with Crippen LogP contribution in [-0.4, -0.2) is 41.9 Å². The summed E-state index contributed by atoms with van der Waals surface area (Å²) in [6, 6.07) is 3.04. The molecule has 2 fully saturated rings. The molecule has 0 bridgehead atoms. The van der Waals surface area contributed by atoms with Gasteiger partial charge in [-0.05, 0) is 37.3 Å². The van der Waals surface area contributed by atoms with E-state index in [-0.39, 0.29) is 29.3 Å². The van der Waals surface area contributed by atoms with Crippen molar-refractivity contribution < 1.29 is 14.1 Å². The molecule has 2 aliphatic rings. The lowest BCUT2D eigenvalue weighted by Crippen LogP contribution is -2.44. The first kappa shape index (κ1) is 17.6. The maximum absolute atomic E-state index is 13.5. The van der Waals surface area contributed by atoms with Gasteiger partial charge in [0, 0.05) is 31.3 Å². The fourth-order valence-corrected chi connectivity index (χ4v) is 3.39. The minimum atomic E-state index is -0.758. The van der Waals surface area contributed by atoms with Gasteiger partial charge in [0.15, 0.2) is 0 Å². The first-order valence-corrected chi connectivity index (χ1v) is 7.44. The number of nitro benzene ring substituents is 1. The van der Waals surface area contributed by atoms with Gasteiger partial charge < -0.3 is 10.2 Å². The second-order valence-electron chi connectivity index (χ2n) is 6.17. The minimum absolute atomic E-state index is 0. The van der Waals surface area contributed by atoms with Crippen LogP contribution in [0.25, 0.3) is 0 Å². The first-order valence-electron chi connectivity index (χ1n) is 7.44. The molecule has 1 amide bonds. The number of nitrogens with one attached hydrogen (secondary N) is 1. The minimum Gasteiger partial charge on any atom is -0.339 e. The Labute approximate surface area is 139 Å². The number of likely N-dealkylation sites (tertiary alicyclic amines) is 1. The van der Waals surface area contributed by atoms with Crippen LogP contribution >= 0.6 is 12.4 Å². The van der Waals surface area contributed by atoms with Gasteiger partial charge in [-0.15, -0.1) is 12.4 Å². The molecule has 0 unspecified atom stereocenters. The van der Waals surface area contributed by atoms with Crippen LogP contribution in [0.5, 0.6) is 0 Å². The SMILES string of the molecule is Cl.O=C(c1cc(F)cc([N+](=O)[O-])c1)N1CCC2(CCNC2)CC1. The zero-order valence-electron chi connectivity index (χ0n) is 12.6. The number of amides is 1. The van der Waals surface area contributed by atoms with Gasteiger partial charge in [-0.25, -0.2) is 4.39 Å². The highest BCUT2D eigenvalue weighted by atomic mass is 35.5. The molecule has 2 aliphatic heterocycles. The number of non-ortho nitro benzene ring substituents is 1. The summed E-state index contributed by atoms with van der Waals surface area (Å²) in [5.41, 5.74) is -0.0610. The number of piperidine rings is 1. The molecule has 2 saturated heterocycles. The molecule has 2 heterocycles. The predicted octanol–water partition coefficient (Wildman–Crippen LogP) is 2.37. The van der Waals surface area contributed by atoms with Crippen LogP contribution in [0.1, 0.15) is 29.6 Å². The lowest BCUT2D eigenvalue weighted by atomic mass is 9.78. The number of carbonyl (C=O) groups is 1. The number of benzene rings is 1. The molecule has 8 heteroatoms. The van der Waals surface area contributed by atoms with Crippen molar-refractivity contribution in [1.82, 2.24) is 10.2 Å². The molecule has 1 aromatic rings. The third-order valence-electron chi connectivity index (χ3n) is 4.78. The van der Waals surface area contributed by atoms with E-state index in [1.54, 1.807) is 4.90 Å². The summed E-state index contributed by atoms with van der Waals surface area (Å²) in [7, 11) is 0. The van der Waals surface area contributed by atoms with Gasteiger partial charge >= 0.3 is 0 Å². The Hall–Kier alpha value is -1.73. The number of carbonyl (C=O) groups excluding carboxylic acids is 1. The lowest BCUT2D eigenvalue weighted by molar-refractivity contribution is -0.385. The summed E-state index contributed by atoms with van der Waals surface area (Å²) < 4.78 is 13.5. The molecule has 3 rings (SSSR count). The molecule has 23 heavy (non-hydrogen) atoms. The number of halogens is 2. The second kappa shape index (κ2) is 6.80. The van der Waals surface area contributed by atoms with Crippen LogP contribution in [0.15, 0.2) is 18.2 Å². The Bertz CT molecular complexity index is 610. The summed E-state index contributed by atoms with van der Waals surface area (Å²) in [5, 5.41) is 14.1. The number of nitrogens with zero attached hydrogens (tertiary/aromatic N) is 2. The molecule has 1 N–H and O–H groups in total. The van der Waals surface area contributed by atoms with Gasteiger partial charge in [-0.3, -0.25) is 14.9 Å². The molecule has 1 aromatic carbocycles. The van der Waals surface area contributed by atoms with Gasteiger partial charge in [0.2, 0.25) is 0 Å². The topological polar surface area (TPSA) is 75.5 Å². The molecule has 1 spiro atoms. The van der Waals surface area contributed by atoms with Gasteiger partial charge in [0.25, 0.3) is 11.6 Å². The van der Waals surface area contributed by atoms with Crippen molar-refractivity contribution in [3.8, 4) is 0 Å². The molecule has 0 atom stereocenters. The van der Waals surface area contributed by atoms with Gasteiger partial charge in [0.05, 0.1) is 11.0 Å². The summed E-state index contributed by atoms with van der Waals surface area (Å²) >= 11 is 0. The molecule has 0 radical (unpaired) electrons. The fraction of sp³-hybridized carbons (Fsp3) is 0.533. The van der Waals surface area contributed by atoms with E-state index >= 15 is 0 Å². The normalized spacial score (nSPS) is 19.4. The highest BCUT2D eigenvalue weighted by Crippen LogP contribution is 2.37. The van der Waals surface area contributed by atoms with Crippen molar-refractivity contribution >= 4 is 24.0 Å². The molecule has 0 saturated carbocycles. The number of hydrogen-bond acceptors (Lipinski definition) is 4. The van der Waals surface area contributed by atoms with E-state index in [0.717, 1.165) is 50.6 Å². The van der Waals surface area contributed by atoms with Crippen LogP contribution in [0.4, 0.5) is 10.1 Å². The van der Waals surface area contributed by atoms with Crippen molar-refractivity contribution in [2.75, 3.05) is 26.2 Å². The maximum atomic E-state index is 13.5. The van der Waals surface area contributed by atoms with Crippen LogP contribution in [-0.2, 0) is 0 Å². The van der Waals surface area contributed by atoms with Gasteiger partial charge in [0.1, 0.15) is 5.82 Å². The zero-order chi connectivity index (χ0) is 15.7. The molecule has 0 aliphatic carbocycles. The van der Waals surface area contributed by atoms with Crippen LogP contribution in [0.2, 0.25) is 0 Å². The Kier molecular flexibility index (Phi) is 5.21. The van der Waals surface area contributed by atoms with Gasteiger partial charge in [-0.2, -0.15) is 0 Å². The zero-order valence-corrected chi connectivity index (χ0v) is 13.4. The first-order chi connectivity index (χ1) is 10.5. The quantitative estimate of drug-likeness (QED) is 0.660. The Balaban J connectivity index is 0.00000192. The van der Waals surface area contributed by atoms with Crippen molar-refractivity contribution in [3.63, 3.8) is 0 Å². The molecular weight excluding hydrogens is 325 g/mol. The van der Waals surface area contributed by atoms with Crippen LogP contribution in [0.3, 0.4) is 0 Å². The Morgan fingerprint density at radius 1 is 1.26 bits per heavy atom. The van der Waals surface area contributed by atoms with Gasteiger partial charge in [-0.1, -0.05) is 0 Å². The average molecular weight is 344 g/mol. The average Bonchev–Trinajstić information content (AvgIpc) is 2.95. The lowest BCUT2D eigenvalue weighted by Gasteiger charge is -2.38. The largest absolute Gasteiger partial charge is 0.339 e. The maximum Gasteiger partial charge on any atom is 0.273 e. The summed E-state index contributed by atoms with van der Waals surface area (Å²) in [6.07, 6.45) is 2.97.